The predicted molar refractivity (Wildman–Crippen MR) is 54.7 cm³/mol. The molecular formula is C8H15N3O6. The summed E-state index contributed by atoms with van der Waals surface area (Å²) in [5.74, 6) is -2.93. The first-order valence-corrected chi connectivity index (χ1v) is 4.69. The van der Waals surface area contributed by atoms with Gasteiger partial charge >= 0.3 is 5.97 Å². The van der Waals surface area contributed by atoms with Gasteiger partial charge in [0.05, 0.1) is 13.2 Å². The van der Waals surface area contributed by atoms with Crippen molar-refractivity contribution in [3.63, 3.8) is 0 Å². The molecule has 0 aliphatic heterocycles. The van der Waals surface area contributed by atoms with Crippen molar-refractivity contribution >= 4 is 17.8 Å². The average molecular weight is 249 g/mol. The van der Waals surface area contributed by atoms with Crippen molar-refractivity contribution < 1.29 is 29.7 Å². The minimum atomic E-state index is -1.31. The highest BCUT2D eigenvalue weighted by Gasteiger charge is 2.22. The van der Waals surface area contributed by atoms with E-state index in [0.29, 0.717) is 0 Å². The standard InChI is InChI=1S/C8H15N3O6/c9-4(2-12)7(16)11-5(3-13)8(17)10-1-6(14)15/h4-5,12-13H,1-3,9H2,(H,10,17)(H,11,16)(H,14,15). The zero-order valence-electron chi connectivity index (χ0n) is 8.92. The maximum atomic E-state index is 11.3. The maximum absolute atomic E-state index is 11.3. The molecule has 2 amide bonds. The number of carbonyl (C=O) groups is 3. The second-order valence-electron chi connectivity index (χ2n) is 3.14. The molecule has 2 atom stereocenters. The summed E-state index contributed by atoms with van der Waals surface area (Å²) in [5, 5.41) is 29.8. The highest BCUT2D eigenvalue weighted by atomic mass is 16.4. The number of hydrogen-bond donors (Lipinski definition) is 6. The number of aliphatic hydroxyl groups excluding tert-OH is 2. The first kappa shape index (κ1) is 15.3. The van der Waals surface area contributed by atoms with Gasteiger partial charge in [-0.05, 0) is 0 Å². The second kappa shape index (κ2) is 7.54. The van der Waals surface area contributed by atoms with Crippen LogP contribution in [0, 0.1) is 0 Å². The van der Waals surface area contributed by atoms with E-state index < -0.39 is 49.6 Å². The van der Waals surface area contributed by atoms with Crippen LogP contribution in [-0.4, -0.2) is 64.9 Å². The molecule has 0 spiro atoms. The summed E-state index contributed by atoms with van der Waals surface area (Å²) in [7, 11) is 0. The lowest BCUT2D eigenvalue weighted by molar-refractivity contribution is -0.138. The fourth-order valence-electron chi connectivity index (χ4n) is 0.842. The SMILES string of the molecule is NC(CO)C(=O)NC(CO)C(=O)NCC(=O)O. The summed E-state index contributed by atoms with van der Waals surface area (Å²) in [5.41, 5.74) is 5.17. The third-order valence-corrected chi connectivity index (χ3v) is 1.76. The molecule has 0 aliphatic carbocycles. The van der Waals surface area contributed by atoms with Crippen LogP contribution < -0.4 is 16.4 Å². The Kier molecular flexibility index (Phi) is 6.79. The van der Waals surface area contributed by atoms with Crippen LogP contribution in [0.15, 0.2) is 0 Å². The normalized spacial score (nSPS) is 13.6. The zero-order valence-corrected chi connectivity index (χ0v) is 8.92. The van der Waals surface area contributed by atoms with E-state index in [9.17, 15) is 14.4 Å². The number of nitrogens with one attached hydrogen (secondary N) is 2. The van der Waals surface area contributed by atoms with E-state index in [2.05, 4.69) is 5.32 Å². The van der Waals surface area contributed by atoms with E-state index in [1.165, 1.54) is 0 Å². The van der Waals surface area contributed by atoms with Crippen molar-refractivity contribution in [1.82, 2.24) is 10.6 Å². The molecule has 9 nitrogen and oxygen atoms in total. The van der Waals surface area contributed by atoms with Gasteiger partial charge in [-0.15, -0.1) is 0 Å². The van der Waals surface area contributed by atoms with Crippen LogP contribution in [0.5, 0.6) is 0 Å². The van der Waals surface area contributed by atoms with Gasteiger partial charge in [0, 0.05) is 0 Å². The van der Waals surface area contributed by atoms with Gasteiger partial charge in [0.2, 0.25) is 11.8 Å². The molecule has 0 aromatic heterocycles. The fourth-order valence-corrected chi connectivity index (χ4v) is 0.842. The number of aliphatic hydroxyl groups is 2. The molecule has 0 rings (SSSR count). The van der Waals surface area contributed by atoms with Crippen LogP contribution in [0.25, 0.3) is 0 Å². The molecule has 17 heavy (non-hydrogen) atoms. The summed E-state index contributed by atoms with van der Waals surface area (Å²) in [6.07, 6.45) is 0. The number of carbonyl (C=O) groups excluding carboxylic acids is 2. The van der Waals surface area contributed by atoms with Crippen LogP contribution in [0.3, 0.4) is 0 Å². The van der Waals surface area contributed by atoms with E-state index >= 15 is 0 Å². The first-order chi connectivity index (χ1) is 7.92. The quantitative estimate of drug-likeness (QED) is 0.267. The smallest absolute Gasteiger partial charge is 0.322 e. The number of rotatable bonds is 7. The highest BCUT2D eigenvalue weighted by molar-refractivity contribution is 5.91. The van der Waals surface area contributed by atoms with Crippen molar-refractivity contribution in [2.75, 3.05) is 19.8 Å². The Morgan fingerprint density at radius 3 is 2.12 bits per heavy atom. The highest BCUT2D eigenvalue weighted by Crippen LogP contribution is 1.86. The van der Waals surface area contributed by atoms with E-state index in [1.807, 2.05) is 5.32 Å². The van der Waals surface area contributed by atoms with E-state index in [4.69, 9.17) is 21.1 Å². The Bertz CT molecular complexity index is 295. The molecule has 2 unspecified atom stereocenters. The van der Waals surface area contributed by atoms with Crippen LogP contribution in [0.2, 0.25) is 0 Å². The largest absolute Gasteiger partial charge is 0.480 e. The first-order valence-electron chi connectivity index (χ1n) is 4.69. The monoisotopic (exact) mass is 249 g/mol. The van der Waals surface area contributed by atoms with Gasteiger partial charge in [0.1, 0.15) is 18.6 Å². The van der Waals surface area contributed by atoms with Gasteiger partial charge in [0.15, 0.2) is 0 Å². The summed E-state index contributed by atoms with van der Waals surface area (Å²) >= 11 is 0. The fraction of sp³-hybridized carbons (Fsp3) is 0.625. The van der Waals surface area contributed by atoms with Crippen LogP contribution in [0.4, 0.5) is 0 Å². The second-order valence-corrected chi connectivity index (χ2v) is 3.14. The Morgan fingerprint density at radius 1 is 1.12 bits per heavy atom. The van der Waals surface area contributed by atoms with Gasteiger partial charge < -0.3 is 31.7 Å². The summed E-state index contributed by atoms with van der Waals surface area (Å²) in [6, 6.07) is -2.52. The number of nitrogens with two attached hydrogens (primary N) is 1. The molecule has 98 valence electrons. The summed E-state index contributed by atoms with van der Waals surface area (Å²) < 4.78 is 0. The molecule has 0 fully saturated rings. The Labute approximate surface area is 96.6 Å². The average Bonchev–Trinajstić information content (AvgIpc) is 2.31. The van der Waals surface area contributed by atoms with E-state index in [1.54, 1.807) is 0 Å². The third kappa shape index (κ3) is 5.80. The van der Waals surface area contributed by atoms with E-state index in [0.717, 1.165) is 0 Å². The van der Waals surface area contributed by atoms with Gasteiger partial charge in [-0.1, -0.05) is 0 Å². The van der Waals surface area contributed by atoms with Crippen LogP contribution >= 0.6 is 0 Å². The molecule has 0 aromatic rings. The number of amides is 2. The predicted octanol–water partition coefficient (Wildman–Crippen LogP) is -4.02. The lowest BCUT2D eigenvalue weighted by Crippen LogP contribution is -2.54. The Hall–Kier alpha value is -1.71. The molecule has 0 saturated carbocycles. The topological polar surface area (TPSA) is 162 Å². The van der Waals surface area contributed by atoms with Gasteiger partial charge in [-0.2, -0.15) is 0 Å². The van der Waals surface area contributed by atoms with Gasteiger partial charge in [0.25, 0.3) is 0 Å². The molecule has 7 N–H and O–H groups in total. The van der Waals surface area contributed by atoms with Crippen molar-refractivity contribution in [1.29, 1.82) is 0 Å². The lowest BCUT2D eigenvalue weighted by atomic mass is 10.2. The Morgan fingerprint density at radius 2 is 1.71 bits per heavy atom. The third-order valence-electron chi connectivity index (χ3n) is 1.76. The van der Waals surface area contributed by atoms with Crippen LogP contribution in [0.1, 0.15) is 0 Å². The van der Waals surface area contributed by atoms with Crippen LogP contribution in [-0.2, 0) is 14.4 Å². The molecule has 0 heterocycles. The number of carboxylic acids is 1. The summed E-state index contributed by atoms with van der Waals surface area (Å²) in [6.45, 7) is -1.95. The van der Waals surface area contributed by atoms with E-state index in [-0.39, 0.29) is 0 Å². The molecule has 0 aliphatic rings. The van der Waals surface area contributed by atoms with Crippen molar-refractivity contribution in [2.45, 2.75) is 12.1 Å². The Balaban J connectivity index is 4.27. The molecular weight excluding hydrogens is 234 g/mol. The zero-order chi connectivity index (χ0) is 13.4. The minimum Gasteiger partial charge on any atom is -0.480 e. The lowest BCUT2D eigenvalue weighted by Gasteiger charge is -2.17. The summed E-state index contributed by atoms with van der Waals surface area (Å²) in [4.78, 5) is 32.6. The number of carboxylic acid groups (broad SMARTS) is 1. The molecule has 0 bridgehead atoms. The molecule has 0 aromatic carbocycles. The van der Waals surface area contributed by atoms with Gasteiger partial charge in [-0.25, -0.2) is 0 Å². The minimum absolute atomic E-state index is 0.610. The molecule has 9 heteroatoms. The maximum Gasteiger partial charge on any atom is 0.322 e. The van der Waals surface area contributed by atoms with Crippen molar-refractivity contribution in [3.8, 4) is 0 Å². The number of aliphatic carboxylic acids is 1. The van der Waals surface area contributed by atoms with Gasteiger partial charge in [-0.3, -0.25) is 14.4 Å². The molecule has 0 radical (unpaired) electrons. The van der Waals surface area contributed by atoms with Crippen molar-refractivity contribution in [2.24, 2.45) is 5.73 Å². The van der Waals surface area contributed by atoms with Crippen molar-refractivity contribution in [3.05, 3.63) is 0 Å². The number of hydrogen-bond acceptors (Lipinski definition) is 6. The molecule has 0 saturated heterocycles.